The van der Waals surface area contributed by atoms with Crippen molar-refractivity contribution in [1.29, 1.82) is 0 Å². The third-order valence-electron chi connectivity index (χ3n) is 9.76. The van der Waals surface area contributed by atoms with Crippen LogP contribution in [0.5, 0.6) is 17.2 Å². The first-order valence-corrected chi connectivity index (χ1v) is 19.7. The molecule has 0 aromatic heterocycles. The summed E-state index contributed by atoms with van der Waals surface area (Å²) in [5.41, 5.74) is 2.37. The predicted octanol–water partition coefficient (Wildman–Crippen LogP) is 2.31. The molecule has 7 atom stereocenters. The van der Waals surface area contributed by atoms with Crippen LogP contribution in [0.25, 0.3) is 0 Å². The Morgan fingerprint density at radius 3 is 2.37 bits per heavy atom. The van der Waals surface area contributed by atoms with E-state index in [0.29, 0.717) is 31.5 Å². The minimum atomic E-state index is -2.84. The van der Waals surface area contributed by atoms with Crippen molar-refractivity contribution in [2.24, 2.45) is 5.73 Å². The fourth-order valence-electron chi connectivity index (χ4n) is 7.03. The number of halogens is 3. The first-order valence-electron chi connectivity index (χ1n) is 17.0. The van der Waals surface area contributed by atoms with E-state index >= 15 is 0 Å². The number of hydrogen-bond donors (Lipinski definition) is 7. The van der Waals surface area contributed by atoms with Crippen LogP contribution in [0.1, 0.15) is 75.3 Å². The molecule has 20 heteroatoms. The summed E-state index contributed by atoms with van der Waals surface area (Å²) in [5, 5.41) is 56.6. The fourth-order valence-corrected chi connectivity index (χ4v) is 9.67. The summed E-state index contributed by atoms with van der Waals surface area (Å²) in [6.07, 6.45) is -4.23. The van der Waals surface area contributed by atoms with Gasteiger partial charge in [-0.3, -0.25) is 18.9 Å². The number of rotatable bonds is 10. The molecule has 16 nitrogen and oxygen atoms in total. The van der Waals surface area contributed by atoms with Crippen molar-refractivity contribution in [2.45, 2.75) is 68.9 Å². The Morgan fingerprint density at radius 2 is 1.80 bits per heavy atom. The van der Waals surface area contributed by atoms with Crippen LogP contribution in [0.15, 0.2) is 18.2 Å². The third kappa shape index (κ3) is 8.47. The number of hydrogen-bond acceptors (Lipinski definition) is 14. The highest BCUT2D eigenvalue weighted by atomic mass is 35.5. The van der Waals surface area contributed by atoms with Crippen LogP contribution in [0, 0.1) is 0 Å². The molecule has 300 valence electrons. The van der Waals surface area contributed by atoms with Crippen molar-refractivity contribution in [3.05, 3.63) is 51.6 Å². The van der Waals surface area contributed by atoms with E-state index in [2.05, 4.69) is 5.09 Å². The van der Waals surface area contributed by atoms with E-state index in [1.807, 2.05) is 0 Å². The number of nitrogens with two attached hydrogens (primary N) is 1. The number of aliphatic hydroxyl groups excluding tert-OH is 2. The number of aliphatic hydroxyl groups is 3. The van der Waals surface area contributed by atoms with Crippen molar-refractivity contribution >= 4 is 60.6 Å². The van der Waals surface area contributed by atoms with Gasteiger partial charge in [-0.15, -0.1) is 35.6 Å². The van der Waals surface area contributed by atoms with Crippen LogP contribution in [0.2, 0.25) is 0 Å². The normalized spacial score (nSPS) is 28.9. The highest BCUT2D eigenvalue weighted by Crippen LogP contribution is 2.53. The molecule has 2 aliphatic carbocycles. The van der Waals surface area contributed by atoms with Crippen LogP contribution in [-0.4, -0.2) is 129 Å². The number of phenolic OH excluding ortho intramolecular Hbond substituents is 2. The van der Waals surface area contributed by atoms with Crippen molar-refractivity contribution in [2.75, 3.05) is 51.7 Å². The predicted molar refractivity (Wildman–Crippen MR) is 198 cm³/mol. The van der Waals surface area contributed by atoms with Crippen LogP contribution in [-0.2, 0) is 29.8 Å². The number of carbonyl (C=O) groups excluding carboxylic acids is 3. The molecule has 4 aliphatic rings. The van der Waals surface area contributed by atoms with Crippen LogP contribution < -0.4 is 15.6 Å². The van der Waals surface area contributed by atoms with Gasteiger partial charge in [0.1, 0.15) is 29.5 Å². The Morgan fingerprint density at radius 1 is 1.13 bits per heavy atom. The zero-order valence-electron chi connectivity index (χ0n) is 29.5. The Hall–Kier alpha value is -2.41. The number of methoxy groups -OCH3 is 1. The summed E-state index contributed by atoms with van der Waals surface area (Å²) < 4.78 is 36.2. The van der Waals surface area contributed by atoms with Gasteiger partial charge in [0.2, 0.25) is 5.78 Å². The molecule has 2 aliphatic heterocycles. The molecule has 1 unspecified atom stereocenters. The lowest BCUT2D eigenvalue weighted by Gasteiger charge is -2.42. The number of ketones is 3. The largest absolute Gasteiger partial charge is 0.507 e. The monoisotopic (exact) mass is 839 g/mol. The minimum Gasteiger partial charge on any atom is -0.507 e. The number of aromatic hydroxyl groups is 2. The Kier molecular flexibility index (Phi) is 15.0. The number of fused-ring (bicyclic) bond motifs is 3. The molecule has 0 amide bonds. The van der Waals surface area contributed by atoms with E-state index in [1.165, 1.54) is 25.3 Å². The number of nitrogens with one attached hydrogen (secondary N) is 1. The second-order valence-electron chi connectivity index (χ2n) is 13.1. The van der Waals surface area contributed by atoms with E-state index in [-0.39, 0.29) is 46.8 Å². The van der Waals surface area contributed by atoms with Gasteiger partial charge in [-0.05, 0) is 19.4 Å². The van der Waals surface area contributed by atoms with Crippen LogP contribution >= 0.6 is 43.3 Å². The van der Waals surface area contributed by atoms with Crippen molar-refractivity contribution in [3.8, 4) is 17.2 Å². The van der Waals surface area contributed by atoms with E-state index in [4.69, 9.17) is 47.7 Å². The molecule has 2 saturated heterocycles. The maximum absolute atomic E-state index is 13.6. The Bertz CT molecular complexity index is 1760. The number of benzene rings is 2. The summed E-state index contributed by atoms with van der Waals surface area (Å²) in [6.45, 7) is 2.87. The second kappa shape index (κ2) is 18.2. The molecule has 0 bridgehead atoms. The average molecular weight is 841 g/mol. The quantitative estimate of drug-likeness (QED) is 0.0880. The van der Waals surface area contributed by atoms with Gasteiger partial charge in [-0.2, -0.15) is 0 Å². The average Bonchev–Trinajstić information content (AvgIpc) is 3.13. The lowest BCUT2D eigenvalue weighted by Crippen LogP contribution is -2.53. The van der Waals surface area contributed by atoms with Gasteiger partial charge < -0.3 is 50.0 Å². The van der Waals surface area contributed by atoms with E-state index in [1.54, 1.807) is 11.6 Å². The van der Waals surface area contributed by atoms with Gasteiger partial charge in [0, 0.05) is 73.4 Å². The molecule has 0 spiro atoms. The minimum absolute atomic E-state index is 0. The summed E-state index contributed by atoms with van der Waals surface area (Å²) in [7, 11) is -1.52. The van der Waals surface area contributed by atoms with E-state index in [9.17, 15) is 44.5 Å². The van der Waals surface area contributed by atoms with Gasteiger partial charge in [-0.25, -0.2) is 9.76 Å². The first kappa shape index (κ1) is 44.3. The van der Waals surface area contributed by atoms with E-state index < -0.39 is 103 Å². The number of carbonyl (C=O) groups is 3. The molecular weight excluding hydrogens is 796 g/mol. The molecule has 2 aromatic carbocycles. The SMILES string of the molecule is COc1cccc2c1C(=O)c1c(O)c3c(c(O)c1C2=O)C[C@@](O)(C(=O)CO)C[C@@H]3O[C@H]1C[C@H](N)[C@H](O)[C@H](C)O1.Cl.O=P1(N(CCCl)CCCl)NCCCO1. The van der Waals surface area contributed by atoms with Crippen molar-refractivity contribution < 1.29 is 63.2 Å². The summed E-state index contributed by atoms with van der Waals surface area (Å²) in [6, 6.07) is 3.64. The summed E-state index contributed by atoms with van der Waals surface area (Å²) >= 11 is 11.2. The molecule has 8 N–H and O–H groups in total. The van der Waals surface area contributed by atoms with Gasteiger partial charge >= 0.3 is 7.67 Å². The number of phenols is 2. The van der Waals surface area contributed by atoms with Gasteiger partial charge in [0.15, 0.2) is 17.9 Å². The standard InChI is InChI=1S/C27H29NO11.C7H15Cl2N2O2P.ClH/c1-10-22(31)13(28)6-17(38-10)39-15-8-27(36,16(30)9-29)7-12-19(15)26(35)21-20(24(12)33)23(32)11-4-3-5-14(37-2)18(11)25(21)34;8-2-5-11(6-3-9)14(12)10-4-1-7-13-14;/h3-5,10,13,15,17,22,29,31,33,35-36H,6-9,28H2,1-2H3;1-7H2,(H,10,12);1H/t10-,13-,15-,17-,22+,27-;;/m0../s1. The molecule has 54 heavy (non-hydrogen) atoms. The third-order valence-corrected chi connectivity index (χ3v) is 12.4. The summed E-state index contributed by atoms with van der Waals surface area (Å²) in [5.74, 6) is -2.93. The van der Waals surface area contributed by atoms with E-state index in [0.717, 1.165) is 13.0 Å². The smallest absolute Gasteiger partial charge is 0.343 e. The molecule has 0 radical (unpaired) electrons. The number of nitrogens with zero attached hydrogens (tertiary/aromatic N) is 1. The fraction of sp³-hybridized carbons (Fsp3) is 0.559. The Balaban J connectivity index is 0.000000367. The maximum atomic E-state index is 13.6. The highest BCUT2D eigenvalue weighted by molar-refractivity contribution is 7.54. The zero-order chi connectivity index (χ0) is 38.8. The lowest BCUT2D eigenvalue weighted by molar-refractivity contribution is -0.247. The molecule has 0 saturated carbocycles. The molecule has 2 fully saturated rings. The summed E-state index contributed by atoms with van der Waals surface area (Å²) in [4.78, 5) is 39.7. The lowest BCUT2D eigenvalue weighted by atomic mass is 9.72. The van der Waals surface area contributed by atoms with Gasteiger partial charge in [-0.1, -0.05) is 12.1 Å². The molecule has 6 rings (SSSR count). The van der Waals surface area contributed by atoms with Gasteiger partial charge in [0.25, 0.3) is 0 Å². The van der Waals surface area contributed by atoms with Gasteiger partial charge in [0.05, 0.1) is 48.7 Å². The maximum Gasteiger partial charge on any atom is 0.343 e. The van der Waals surface area contributed by atoms with Crippen LogP contribution in [0.3, 0.4) is 0 Å². The highest BCUT2D eigenvalue weighted by Gasteiger charge is 2.50. The number of Topliss-reactive ketones (excluding diaryl/α,β-unsaturated/α-hetero) is 1. The first-order chi connectivity index (χ1) is 25.2. The number of ether oxygens (including phenoxy) is 3. The second-order valence-corrected chi connectivity index (χ2v) is 16.0. The molecular formula is C34H45Cl3N3O13P. The van der Waals surface area contributed by atoms with Crippen LogP contribution in [0.4, 0.5) is 0 Å². The van der Waals surface area contributed by atoms with Crippen molar-refractivity contribution in [3.63, 3.8) is 0 Å². The zero-order valence-corrected chi connectivity index (χ0v) is 32.8. The topological polar surface area (TPSA) is 248 Å². The Labute approximate surface area is 327 Å². The molecule has 2 heterocycles. The number of alkyl halides is 2. The molecule has 2 aromatic rings. The van der Waals surface area contributed by atoms with Crippen molar-refractivity contribution in [1.82, 2.24) is 9.76 Å².